The maximum atomic E-state index is 12.3. The standard InChI is InChI=1S/C16H17N3O2/c1-4-8-19(11-14-7-5-6-12(2)17-14)16(20)10-15-9-13(3)21-18-15/h1,5-7,9H,8,10-11H2,2-3H3. The van der Waals surface area contributed by atoms with Crippen LogP contribution in [0.5, 0.6) is 0 Å². The van der Waals surface area contributed by atoms with E-state index in [1.807, 2.05) is 25.1 Å². The fourth-order valence-corrected chi connectivity index (χ4v) is 1.99. The lowest BCUT2D eigenvalue weighted by Crippen LogP contribution is -2.32. The normalized spacial score (nSPS) is 10.1. The number of nitrogens with zero attached hydrogens (tertiary/aromatic N) is 3. The highest BCUT2D eigenvalue weighted by Gasteiger charge is 2.16. The molecule has 1 amide bonds. The highest BCUT2D eigenvalue weighted by molar-refractivity contribution is 5.78. The van der Waals surface area contributed by atoms with E-state index in [0.29, 0.717) is 18.0 Å². The summed E-state index contributed by atoms with van der Waals surface area (Å²) >= 11 is 0. The number of aromatic nitrogens is 2. The fourth-order valence-electron chi connectivity index (χ4n) is 1.99. The van der Waals surface area contributed by atoms with E-state index < -0.39 is 0 Å². The van der Waals surface area contributed by atoms with E-state index >= 15 is 0 Å². The van der Waals surface area contributed by atoms with Crippen LogP contribution in [-0.2, 0) is 17.8 Å². The predicted octanol–water partition coefficient (Wildman–Crippen LogP) is 1.89. The molecule has 0 spiro atoms. The van der Waals surface area contributed by atoms with Crippen molar-refractivity contribution >= 4 is 5.91 Å². The lowest BCUT2D eigenvalue weighted by atomic mass is 10.2. The highest BCUT2D eigenvalue weighted by Crippen LogP contribution is 2.08. The highest BCUT2D eigenvalue weighted by atomic mass is 16.5. The van der Waals surface area contributed by atoms with Gasteiger partial charge in [0.2, 0.25) is 5.91 Å². The van der Waals surface area contributed by atoms with Gasteiger partial charge in [-0.15, -0.1) is 6.42 Å². The van der Waals surface area contributed by atoms with Gasteiger partial charge in [0.15, 0.2) is 0 Å². The van der Waals surface area contributed by atoms with E-state index in [4.69, 9.17) is 10.9 Å². The van der Waals surface area contributed by atoms with Crippen molar-refractivity contribution in [3.05, 3.63) is 47.1 Å². The molecule has 2 rings (SSSR count). The Hall–Kier alpha value is -2.61. The molecule has 0 aromatic carbocycles. The Bertz CT molecular complexity index is 670. The van der Waals surface area contributed by atoms with Crippen molar-refractivity contribution in [1.29, 1.82) is 0 Å². The minimum atomic E-state index is -0.0930. The molecule has 0 atom stereocenters. The van der Waals surface area contributed by atoms with E-state index in [1.165, 1.54) is 0 Å². The third kappa shape index (κ3) is 4.18. The maximum absolute atomic E-state index is 12.3. The van der Waals surface area contributed by atoms with Crippen molar-refractivity contribution in [2.75, 3.05) is 6.54 Å². The van der Waals surface area contributed by atoms with E-state index in [1.54, 1.807) is 17.9 Å². The molecular weight excluding hydrogens is 266 g/mol. The van der Waals surface area contributed by atoms with Crippen molar-refractivity contribution in [3.8, 4) is 12.3 Å². The van der Waals surface area contributed by atoms with Crippen LogP contribution in [0, 0.1) is 26.2 Å². The quantitative estimate of drug-likeness (QED) is 0.786. The molecule has 0 aliphatic rings. The molecule has 0 fully saturated rings. The molecule has 0 aliphatic heterocycles. The van der Waals surface area contributed by atoms with E-state index in [9.17, 15) is 4.79 Å². The number of aryl methyl sites for hydroxylation is 2. The topological polar surface area (TPSA) is 59.2 Å². The molecule has 0 radical (unpaired) electrons. The number of hydrogen-bond donors (Lipinski definition) is 0. The third-order valence-electron chi connectivity index (χ3n) is 2.94. The van der Waals surface area contributed by atoms with Crippen LogP contribution in [0.15, 0.2) is 28.8 Å². The van der Waals surface area contributed by atoms with Crippen LogP contribution < -0.4 is 0 Å². The predicted molar refractivity (Wildman–Crippen MR) is 78.2 cm³/mol. The molecular formula is C16H17N3O2. The zero-order valence-corrected chi connectivity index (χ0v) is 12.2. The molecule has 5 nitrogen and oxygen atoms in total. The van der Waals surface area contributed by atoms with Crippen LogP contribution in [-0.4, -0.2) is 27.5 Å². The Morgan fingerprint density at radius 2 is 2.19 bits per heavy atom. The largest absolute Gasteiger partial charge is 0.361 e. The summed E-state index contributed by atoms with van der Waals surface area (Å²) in [7, 11) is 0. The molecule has 0 unspecified atom stereocenters. The molecule has 21 heavy (non-hydrogen) atoms. The van der Waals surface area contributed by atoms with Gasteiger partial charge in [-0.25, -0.2) is 0 Å². The number of carbonyl (C=O) groups is 1. The van der Waals surface area contributed by atoms with E-state index in [-0.39, 0.29) is 18.9 Å². The van der Waals surface area contributed by atoms with Crippen molar-refractivity contribution in [2.45, 2.75) is 26.8 Å². The summed E-state index contributed by atoms with van der Waals surface area (Å²) in [6.45, 7) is 4.33. The molecule has 0 aliphatic carbocycles. The van der Waals surface area contributed by atoms with Gasteiger partial charge in [-0.3, -0.25) is 9.78 Å². The van der Waals surface area contributed by atoms with Gasteiger partial charge in [0.05, 0.1) is 30.9 Å². The van der Waals surface area contributed by atoms with Crippen LogP contribution in [0.25, 0.3) is 0 Å². The number of pyridine rings is 1. The monoisotopic (exact) mass is 283 g/mol. The first-order valence-electron chi connectivity index (χ1n) is 6.64. The summed E-state index contributed by atoms with van der Waals surface area (Å²) < 4.78 is 4.97. The first-order valence-corrected chi connectivity index (χ1v) is 6.64. The first kappa shape index (κ1) is 14.8. The zero-order valence-electron chi connectivity index (χ0n) is 12.2. The first-order chi connectivity index (χ1) is 10.1. The van der Waals surface area contributed by atoms with Crippen LogP contribution in [0.1, 0.15) is 22.8 Å². The number of amides is 1. The second kappa shape index (κ2) is 6.71. The second-order valence-corrected chi connectivity index (χ2v) is 4.83. The third-order valence-corrected chi connectivity index (χ3v) is 2.94. The van der Waals surface area contributed by atoms with Gasteiger partial charge in [0, 0.05) is 11.8 Å². The fraction of sp³-hybridized carbons (Fsp3) is 0.312. The Balaban J connectivity index is 2.07. The Morgan fingerprint density at radius 3 is 2.81 bits per heavy atom. The zero-order chi connectivity index (χ0) is 15.2. The lowest BCUT2D eigenvalue weighted by molar-refractivity contribution is -0.130. The van der Waals surface area contributed by atoms with Gasteiger partial charge in [0.1, 0.15) is 5.76 Å². The van der Waals surface area contributed by atoms with E-state index in [2.05, 4.69) is 16.1 Å². The lowest BCUT2D eigenvalue weighted by Gasteiger charge is -2.19. The van der Waals surface area contributed by atoms with Gasteiger partial charge < -0.3 is 9.42 Å². The summed E-state index contributed by atoms with van der Waals surface area (Å²) in [5.74, 6) is 3.10. The molecule has 0 saturated heterocycles. The van der Waals surface area contributed by atoms with Crippen molar-refractivity contribution in [3.63, 3.8) is 0 Å². The Morgan fingerprint density at radius 1 is 1.38 bits per heavy atom. The van der Waals surface area contributed by atoms with Crippen LogP contribution in [0.4, 0.5) is 0 Å². The van der Waals surface area contributed by atoms with Crippen molar-refractivity contribution < 1.29 is 9.32 Å². The van der Waals surface area contributed by atoms with E-state index in [0.717, 1.165) is 11.4 Å². The van der Waals surface area contributed by atoms with Gasteiger partial charge in [-0.2, -0.15) is 0 Å². The molecule has 5 heteroatoms. The Labute approximate surface area is 124 Å². The summed E-state index contributed by atoms with van der Waals surface area (Å²) in [5, 5.41) is 3.83. The second-order valence-electron chi connectivity index (χ2n) is 4.83. The molecule has 2 aromatic heterocycles. The average Bonchev–Trinajstić information content (AvgIpc) is 2.83. The molecule has 2 aromatic rings. The number of carbonyl (C=O) groups excluding carboxylic acids is 1. The summed E-state index contributed by atoms with van der Waals surface area (Å²) in [5.41, 5.74) is 2.33. The molecule has 0 bridgehead atoms. The number of terminal acetylenes is 1. The summed E-state index contributed by atoms with van der Waals surface area (Å²) in [4.78, 5) is 18.3. The van der Waals surface area contributed by atoms with Gasteiger partial charge >= 0.3 is 0 Å². The van der Waals surface area contributed by atoms with Crippen LogP contribution >= 0.6 is 0 Å². The molecule has 108 valence electrons. The van der Waals surface area contributed by atoms with Gasteiger partial charge in [-0.05, 0) is 26.0 Å². The van der Waals surface area contributed by atoms with Crippen LogP contribution in [0.3, 0.4) is 0 Å². The Kier molecular flexibility index (Phi) is 4.72. The molecule has 0 saturated carbocycles. The van der Waals surface area contributed by atoms with Crippen molar-refractivity contribution in [2.24, 2.45) is 0 Å². The van der Waals surface area contributed by atoms with Gasteiger partial charge in [0.25, 0.3) is 0 Å². The average molecular weight is 283 g/mol. The van der Waals surface area contributed by atoms with Crippen molar-refractivity contribution in [1.82, 2.24) is 15.0 Å². The minimum Gasteiger partial charge on any atom is -0.361 e. The SMILES string of the molecule is C#CCN(Cc1cccc(C)n1)C(=O)Cc1cc(C)on1. The summed E-state index contributed by atoms with van der Waals surface area (Å²) in [6.07, 6.45) is 5.52. The maximum Gasteiger partial charge on any atom is 0.229 e. The van der Waals surface area contributed by atoms with Gasteiger partial charge in [-0.1, -0.05) is 17.1 Å². The number of hydrogen-bond acceptors (Lipinski definition) is 4. The minimum absolute atomic E-state index is 0.0930. The molecule has 0 N–H and O–H groups in total. The smallest absolute Gasteiger partial charge is 0.229 e. The van der Waals surface area contributed by atoms with Crippen LogP contribution in [0.2, 0.25) is 0 Å². The number of rotatable bonds is 5. The molecule has 2 heterocycles. The summed E-state index contributed by atoms with van der Waals surface area (Å²) in [6, 6.07) is 7.45.